The minimum absolute atomic E-state index is 0.462. The smallest absolute Gasteiger partial charge is 0.00620 e. The maximum atomic E-state index is 3.45. The van der Waals surface area contributed by atoms with Crippen molar-refractivity contribution >= 4 is 15.9 Å². The van der Waals surface area contributed by atoms with Gasteiger partial charge in [0.2, 0.25) is 0 Å². The van der Waals surface area contributed by atoms with Crippen LogP contribution in [0.25, 0.3) is 0 Å². The summed E-state index contributed by atoms with van der Waals surface area (Å²) in [5.74, 6) is 0.766. The first-order valence-corrected chi connectivity index (χ1v) is 4.16. The van der Waals surface area contributed by atoms with Gasteiger partial charge in [0.25, 0.3) is 0 Å². The van der Waals surface area contributed by atoms with E-state index in [0.29, 0.717) is 5.41 Å². The fourth-order valence-corrected chi connectivity index (χ4v) is 1.20. The van der Waals surface area contributed by atoms with Crippen molar-refractivity contribution in [2.45, 2.75) is 27.7 Å². The Morgan fingerprint density at radius 3 is 1.75 bits per heavy atom. The molecule has 0 aromatic rings. The molecule has 0 aromatic heterocycles. The van der Waals surface area contributed by atoms with Gasteiger partial charge < -0.3 is 0 Å². The molecule has 1 heteroatoms. The molecule has 0 saturated heterocycles. The van der Waals surface area contributed by atoms with E-state index in [4.69, 9.17) is 0 Å². The van der Waals surface area contributed by atoms with Gasteiger partial charge in [-0.15, -0.1) is 0 Å². The Morgan fingerprint density at radius 1 is 1.38 bits per heavy atom. The van der Waals surface area contributed by atoms with Crippen molar-refractivity contribution in [2.75, 3.05) is 5.33 Å². The maximum Gasteiger partial charge on any atom is 0.00620 e. The summed E-state index contributed by atoms with van der Waals surface area (Å²) in [6.07, 6.45) is 0. The molecule has 0 radical (unpaired) electrons. The average molecular weight is 179 g/mol. The number of halogens is 1. The van der Waals surface area contributed by atoms with Crippen LogP contribution in [0.5, 0.6) is 0 Å². The first-order chi connectivity index (χ1) is 3.48. The van der Waals surface area contributed by atoms with E-state index in [2.05, 4.69) is 43.6 Å². The van der Waals surface area contributed by atoms with Crippen LogP contribution in [0.4, 0.5) is 0 Å². The fourth-order valence-electron chi connectivity index (χ4n) is 0.231. The number of hydrogen-bond donors (Lipinski definition) is 0. The summed E-state index contributed by atoms with van der Waals surface area (Å²) in [4.78, 5) is 0. The van der Waals surface area contributed by atoms with Crippen molar-refractivity contribution < 1.29 is 0 Å². The van der Waals surface area contributed by atoms with E-state index >= 15 is 0 Å². The zero-order valence-electron chi connectivity index (χ0n) is 6.16. The van der Waals surface area contributed by atoms with E-state index in [1.807, 2.05) is 0 Å². The molecule has 0 aromatic carbocycles. The lowest BCUT2D eigenvalue weighted by Crippen LogP contribution is -2.17. The molecule has 0 bridgehead atoms. The molecule has 0 aliphatic heterocycles. The van der Waals surface area contributed by atoms with Gasteiger partial charge in [-0.05, 0) is 11.3 Å². The van der Waals surface area contributed by atoms with Crippen LogP contribution >= 0.6 is 15.9 Å². The summed E-state index contributed by atoms with van der Waals surface area (Å²) < 4.78 is 0. The Morgan fingerprint density at radius 2 is 1.75 bits per heavy atom. The molecular formula is C7H15Br. The highest BCUT2D eigenvalue weighted by molar-refractivity contribution is 9.09. The molecule has 0 spiro atoms. The third-order valence-corrected chi connectivity index (χ3v) is 2.68. The molecule has 0 saturated carbocycles. The Labute approximate surface area is 60.8 Å². The van der Waals surface area contributed by atoms with E-state index in [1.165, 1.54) is 0 Å². The van der Waals surface area contributed by atoms with Crippen LogP contribution in [0.3, 0.4) is 0 Å². The van der Waals surface area contributed by atoms with Crippen molar-refractivity contribution in [2.24, 2.45) is 11.3 Å². The molecule has 1 atom stereocenters. The summed E-state index contributed by atoms with van der Waals surface area (Å²) >= 11 is 3.45. The largest absolute Gasteiger partial charge is 0.0925 e. The predicted molar refractivity (Wildman–Crippen MR) is 42.4 cm³/mol. The Kier molecular flexibility index (Phi) is 3.03. The summed E-state index contributed by atoms with van der Waals surface area (Å²) in [6, 6.07) is 0. The van der Waals surface area contributed by atoms with Crippen molar-refractivity contribution in [3.05, 3.63) is 0 Å². The van der Waals surface area contributed by atoms with Crippen LogP contribution in [-0.4, -0.2) is 5.33 Å². The first-order valence-electron chi connectivity index (χ1n) is 3.04. The highest BCUT2D eigenvalue weighted by Crippen LogP contribution is 2.26. The zero-order valence-corrected chi connectivity index (χ0v) is 7.75. The summed E-state index contributed by atoms with van der Waals surface area (Å²) in [6.45, 7) is 9.05. The van der Waals surface area contributed by atoms with Crippen molar-refractivity contribution in [1.82, 2.24) is 0 Å². The van der Waals surface area contributed by atoms with Crippen LogP contribution in [0.2, 0.25) is 0 Å². The van der Waals surface area contributed by atoms with Gasteiger partial charge >= 0.3 is 0 Å². The minimum atomic E-state index is 0.462. The molecule has 0 aliphatic rings. The molecule has 0 unspecified atom stereocenters. The molecule has 0 rings (SSSR count). The maximum absolute atomic E-state index is 3.45. The molecule has 0 aliphatic carbocycles. The van der Waals surface area contributed by atoms with E-state index in [0.717, 1.165) is 11.2 Å². The molecule has 0 nitrogen and oxygen atoms in total. The van der Waals surface area contributed by atoms with Gasteiger partial charge in [-0.1, -0.05) is 43.6 Å². The molecule has 0 N–H and O–H groups in total. The average Bonchev–Trinajstić information content (AvgIpc) is 1.62. The normalized spacial score (nSPS) is 16.1. The number of rotatable bonds is 1. The molecule has 8 heavy (non-hydrogen) atoms. The number of hydrogen-bond acceptors (Lipinski definition) is 0. The van der Waals surface area contributed by atoms with Crippen LogP contribution in [0.1, 0.15) is 27.7 Å². The van der Waals surface area contributed by atoms with Gasteiger partial charge in [0.05, 0.1) is 0 Å². The van der Waals surface area contributed by atoms with Gasteiger partial charge in [0.15, 0.2) is 0 Å². The lowest BCUT2D eigenvalue weighted by atomic mass is 9.84. The molecule has 0 heterocycles. The van der Waals surface area contributed by atoms with Crippen molar-refractivity contribution in [3.8, 4) is 0 Å². The van der Waals surface area contributed by atoms with Crippen LogP contribution in [-0.2, 0) is 0 Å². The SMILES string of the molecule is C[C@H](CBr)C(C)(C)C. The minimum Gasteiger partial charge on any atom is -0.0925 e. The van der Waals surface area contributed by atoms with Crippen molar-refractivity contribution in [1.29, 1.82) is 0 Å². The van der Waals surface area contributed by atoms with E-state index in [9.17, 15) is 0 Å². The monoisotopic (exact) mass is 178 g/mol. The lowest BCUT2D eigenvalue weighted by Gasteiger charge is -2.24. The third kappa shape index (κ3) is 2.71. The highest BCUT2D eigenvalue weighted by Gasteiger charge is 2.17. The van der Waals surface area contributed by atoms with Gasteiger partial charge in [0, 0.05) is 5.33 Å². The van der Waals surface area contributed by atoms with E-state index < -0.39 is 0 Å². The Bertz CT molecular complexity index is 61.3. The highest BCUT2D eigenvalue weighted by atomic mass is 79.9. The van der Waals surface area contributed by atoms with Gasteiger partial charge in [-0.3, -0.25) is 0 Å². The number of alkyl halides is 1. The van der Waals surface area contributed by atoms with Crippen LogP contribution < -0.4 is 0 Å². The molecule has 50 valence electrons. The molecular weight excluding hydrogens is 164 g/mol. The summed E-state index contributed by atoms with van der Waals surface area (Å²) in [5.41, 5.74) is 0.462. The summed E-state index contributed by atoms with van der Waals surface area (Å²) in [7, 11) is 0. The molecule has 0 amide bonds. The quantitative estimate of drug-likeness (QED) is 0.542. The zero-order chi connectivity index (χ0) is 6.78. The fraction of sp³-hybridized carbons (Fsp3) is 1.00. The first kappa shape index (κ1) is 8.48. The summed E-state index contributed by atoms with van der Waals surface area (Å²) in [5, 5.41) is 1.11. The topological polar surface area (TPSA) is 0 Å². The molecule has 0 fully saturated rings. The van der Waals surface area contributed by atoms with E-state index in [-0.39, 0.29) is 0 Å². The van der Waals surface area contributed by atoms with E-state index in [1.54, 1.807) is 0 Å². The van der Waals surface area contributed by atoms with Crippen LogP contribution in [0.15, 0.2) is 0 Å². The predicted octanol–water partition coefficient (Wildman–Crippen LogP) is 3.06. The third-order valence-electron chi connectivity index (χ3n) is 1.71. The van der Waals surface area contributed by atoms with Crippen molar-refractivity contribution in [3.63, 3.8) is 0 Å². The van der Waals surface area contributed by atoms with Crippen LogP contribution in [0, 0.1) is 11.3 Å². The van der Waals surface area contributed by atoms with Gasteiger partial charge in [-0.2, -0.15) is 0 Å². The van der Waals surface area contributed by atoms with Gasteiger partial charge in [-0.25, -0.2) is 0 Å². The second-order valence-electron chi connectivity index (χ2n) is 3.42. The Hall–Kier alpha value is 0.480. The van der Waals surface area contributed by atoms with Gasteiger partial charge in [0.1, 0.15) is 0 Å². The Balaban J connectivity index is 3.62. The standard InChI is InChI=1S/C7H15Br/c1-6(5-8)7(2,3)4/h6H,5H2,1-4H3/t6-/m1/s1. The second kappa shape index (κ2) is 2.86. The second-order valence-corrected chi connectivity index (χ2v) is 4.07. The lowest BCUT2D eigenvalue weighted by molar-refractivity contribution is 0.290.